The number of piperazine rings is 1. The quantitative estimate of drug-likeness (QED) is 0.448. The molecule has 1 saturated heterocycles. The molecule has 1 aliphatic rings. The van der Waals surface area contributed by atoms with Gasteiger partial charge in [-0.25, -0.2) is 0 Å². The normalized spacial score (nSPS) is 14.8. The Bertz CT molecular complexity index is 795. The molecule has 29 heavy (non-hydrogen) atoms. The van der Waals surface area contributed by atoms with Gasteiger partial charge in [-0.1, -0.05) is 24.3 Å². The van der Waals surface area contributed by atoms with Gasteiger partial charge in [-0.3, -0.25) is 4.99 Å². The summed E-state index contributed by atoms with van der Waals surface area (Å²) >= 11 is 0. The zero-order valence-electron chi connectivity index (χ0n) is 17.8. The van der Waals surface area contributed by atoms with Gasteiger partial charge in [0.2, 0.25) is 0 Å². The SMILES string of the molecule is CN=C(NCCCc1ccc(N(C)C)cc1)N1CCN(c2ccccc2O)CC1. The van der Waals surface area contributed by atoms with Crippen LogP contribution in [-0.2, 0) is 6.42 Å². The van der Waals surface area contributed by atoms with Gasteiger partial charge in [-0.15, -0.1) is 0 Å². The van der Waals surface area contributed by atoms with Gasteiger partial charge < -0.3 is 25.1 Å². The predicted molar refractivity (Wildman–Crippen MR) is 122 cm³/mol. The highest BCUT2D eigenvalue weighted by molar-refractivity contribution is 5.80. The van der Waals surface area contributed by atoms with Crippen LogP contribution in [-0.4, -0.2) is 69.8 Å². The van der Waals surface area contributed by atoms with Crippen molar-refractivity contribution in [2.24, 2.45) is 4.99 Å². The molecule has 0 aliphatic carbocycles. The Hall–Kier alpha value is -2.89. The van der Waals surface area contributed by atoms with E-state index in [1.807, 2.05) is 25.2 Å². The molecule has 0 atom stereocenters. The number of phenols is 1. The largest absolute Gasteiger partial charge is 0.506 e. The van der Waals surface area contributed by atoms with Gasteiger partial charge in [0, 0.05) is 59.6 Å². The van der Waals surface area contributed by atoms with E-state index < -0.39 is 0 Å². The summed E-state index contributed by atoms with van der Waals surface area (Å²) in [6.07, 6.45) is 2.12. The van der Waals surface area contributed by atoms with Crippen LogP contribution in [0.25, 0.3) is 0 Å². The molecule has 0 bridgehead atoms. The minimum atomic E-state index is 0.349. The number of nitrogens with zero attached hydrogens (tertiary/aromatic N) is 4. The third-order valence-electron chi connectivity index (χ3n) is 5.39. The van der Waals surface area contributed by atoms with Crippen molar-refractivity contribution >= 4 is 17.3 Å². The zero-order chi connectivity index (χ0) is 20.6. The standard InChI is InChI=1S/C23H33N5O/c1-24-23(25-14-6-7-19-10-12-20(13-11-19)26(2)3)28-17-15-27(16-18-28)21-8-4-5-9-22(21)29/h4-5,8-13,29H,6-7,14-18H2,1-3H3,(H,24,25). The third kappa shape index (κ3) is 5.56. The number of hydrogen-bond donors (Lipinski definition) is 2. The lowest BCUT2D eigenvalue weighted by Gasteiger charge is -2.37. The summed E-state index contributed by atoms with van der Waals surface area (Å²) in [5, 5.41) is 13.6. The lowest BCUT2D eigenvalue weighted by atomic mass is 10.1. The van der Waals surface area contributed by atoms with Gasteiger partial charge in [-0.05, 0) is 42.7 Å². The Morgan fingerprint density at radius 2 is 1.72 bits per heavy atom. The van der Waals surface area contributed by atoms with E-state index in [2.05, 4.69) is 63.4 Å². The summed E-state index contributed by atoms with van der Waals surface area (Å²) in [5.74, 6) is 1.31. The van der Waals surface area contributed by atoms with E-state index in [1.165, 1.54) is 11.3 Å². The lowest BCUT2D eigenvalue weighted by molar-refractivity contribution is 0.369. The van der Waals surface area contributed by atoms with E-state index in [0.717, 1.165) is 57.2 Å². The molecule has 0 aromatic heterocycles. The van der Waals surface area contributed by atoms with Crippen molar-refractivity contribution in [2.75, 3.05) is 63.7 Å². The first kappa shape index (κ1) is 20.8. The van der Waals surface area contributed by atoms with Crippen molar-refractivity contribution in [1.29, 1.82) is 0 Å². The van der Waals surface area contributed by atoms with Crippen molar-refractivity contribution in [2.45, 2.75) is 12.8 Å². The smallest absolute Gasteiger partial charge is 0.193 e. The summed E-state index contributed by atoms with van der Waals surface area (Å²) in [6.45, 7) is 4.43. The van der Waals surface area contributed by atoms with Gasteiger partial charge in [0.15, 0.2) is 5.96 Å². The van der Waals surface area contributed by atoms with Crippen LogP contribution in [0.2, 0.25) is 0 Å². The van der Waals surface area contributed by atoms with Crippen LogP contribution in [0.1, 0.15) is 12.0 Å². The lowest BCUT2D eigenvalue weighted by Crippen LogP contribution is -2.52. The number of anilines is 2. The highest BCUT2D eigenvalue weighted by atomic mass is 16.3. The highest BCUT2D eigenvalue weighted by Crippen LogP contribution is 2.27. The van der Waals surface area contributed by atoms with Gasteiger partial charge in [-0.2, -0.15) is 0 Å². The average Bonchev–Trinajstić information content (AvgIpc) is 2.75. The molecule has 1 heterocycles. The van der Waals surface area contributed by atoms with Crippen molar-refractivity contribution in [3.63, 3.8) is 0 Å². The number of aryl methyl sites for hydroxylation is 1. The van der Waals surface area contributed by atoms with E-state index in [0.29, 0.717) is 5.75 Å². The Balaban J connectivity index is 1.42. The first-order chi connectivity index (χ1) is 14.1. The predicted octanol–water partition coefficient (Wildman–Crippen LogP) is 2.79. The molecular weight excluding hydrogens is 362 g/mol. The van der Waals surface area contributed by atoms with Gasteiger partial charge in [0.25, 0.3) is 0 Å². The molecule has 2 aromatic carbocycles. The Kier molecular flexibility index (Phi) is 7.22. The average molecular weight is 396 g/mol. The number of aromatic hydroxyl groups is 1. The first-order valence-electron chi connectivity index (χ1n) is 10.3. The maximum absolute atomic E-state index is 10.1. The molecule has 1 aliphatic heterocycles. The van der Waals surface area contributed by atoms with Crippen LogP contribution < -0.4 is 15.1 Å². The molecule has 0 radical (unpaired) electrons. The minimum absolute atomic E-state index is 0.349. The van der Waals surface area contributed by atoms with Crippen molar-refractivity contribution in [3.05, 3.63) is 54.1 Å². The van der Waals surface area contributed by atoms with E-state index in [1.54, 1.807) is 6.07 Å². The van der Waals surface area contributed by atoms with Crippen molar-refractivity contribution in [3.8, 4) is 5.75 Å². The molecule has 0 spiro atoms. The topological polar surface area (TPSA) is 54.3 Å². The monoisotopic (exact) mass is 395 g/mol. The Morgan fingerprint density at radius 1 is 1.03 bits per heavy atom. The van der Waals surface area contributed by atoms with Crippen molar-refractivity contribution in [1.82, 2.24) is 10.2 Å². The van der Waals surface area contributed by atoms with E-state index >= 15 is 0 Å². The van der Waals surface area contributed by atoms with E-state index in [-0.39, 0.29) is 0 Å². The van der Waals surface area contributed by atoms with Crippen LogP contribution in [0.4, 0.5) is 11.4 Å². The zero-order valence-corrected chi connectivity index (χ0v) is 17.8. The van der Waals surface area contributed by atoms with Crippen LogP contribution >= 0.6 is 0 Å². The number of rotatable bonds is 6. The number of aliphatic imine (C=N–C) groups is 1. The second-order valence-electron chi connectivity index (χ2n) is 7.60. The maximum atomic E-state index is 10.1. The summed E-state index contributed by atoms with van der Waals surface area (Å²) in [4.78, 5) is 11.1. The fourth-order valence-electron chi connectivity index (χ4n) is 3.68. The molecule has 0 amide bonds. The third-order valence-corrected chi connectivity index (χ3v) is 5.39. The van der Waals surface area contributed by atoms with Gasteiger partial charge in [0.1, 0.15) is 5.75 Å². The molecule has 2 N–H and O–H groups in total. The molecule has 6 heteroatoms. The molecule has 2 aromatic rings. The number of hydrogen-bond acceptors (Lipinski definition) is 4. The van der Waals surface area contributed by atoms with Crippen LogP contribution in [0.3, 0.4) is 0 Å². The molecular formula is C23H33N5O. The molecule has 0 saturated carbocycles. The first-order valence-corrected chi connectivity index (χ1v) is 10.3. The summed E-state index contributed by atoms with van der Waals surface area (Å²) in [5.41, 5.74) is 3.51. The number of phenolic OH excluding ortho intramolecular Hbond substituents is 1. The van der Waals surface area contributed by atoms with Crippen LogP contribution in [0, 0.1) is 0 Å². The van der Waals surface area contributed by atoms with E-state index in [9.17, 15) is 5.11 Å². The molecule has 6 nitrogen and oxygen atoms in total. The minimum Gasteiger partial charge on any atom is -0.506 e. The number of benzene rings is 2. The van der Waals surface area contributed by atoms with Crippen LogP contribution in [0.15, 0.2) is 53.5 Å². The Morgan fingerprint density at radius 3 is 2.34 bits per heavy atom. The van der Waals surface area contributed by atoms with Crippen LogP contribution in [0.5, 0.6) is 5.75 Å². The fourth-order valence-corrected chi connectivity index (χ4v) is 3.68. The second kappa shape index (κ2) is 10.0. The number of para-hydroxylation sites is 2. The number of guanidine groups is 1. The van der Waals surface area contributed by atoms with E-state index in [4.69, 9.17) is 0 Å². The van der Waals surface area contributed by atoms with Crippen molar-refractivity contribution < 1.29 is 5.11 Å². The summed E-state index contributed by atoms with van der Waals surface area (Å²) in [6, 6.07) is 16.3. The maximum Gasteiger partial charge on any atom is 0.193 e. The molecule has 1 fully saturated rings. The molecule has 0 unspecified atom stereocenters. The van der Waals surface area contributed by atoms with Gasteiger partial charge >= 0.3 is 0 Å². The van der Waals surface area contributed by atoms with Gasteiger partial charge in [0.05, 0.1) is 5.69 Å². The Labute approximate surface area is 174 Å². The molecule has 156 valence electrons. The fraction of sp³-hybridized carbons (Fsp3) is 0.435. The summed E-state index contributed by atoms with van der Waals surface area (Å²) < 4.78 is 0. The number of nitrogens with one attached hydrogen (secondary N) is 1. The highest BCUT2D eigenvalue weighted by Gasteiger charge is 2.21. The summed E-state index contributed by atoms with van der Waals surface area (Å²) in [7, 11) is 5.97. The second-order valence-corrected chi connectivity index (χ2v) is 7.60. The molecule has 3 rings (SSSR count).